The molecular weight excluding hydrogens is 290 g/mol. The third-order valence-electron chi connectivity index (χ3n) is 3.00. The van der Waals surface area contributed by atoms with Crippen molar-refractivity contribution in [2.24, 2.45) is 7.05 Å². The maximum atomic E-state index is 11.5. The summed E-state index contributed by atoms with van der Waals surface area (Å²) in [5.74, 6) is 1.12. The van der Waals surface area contributed by atoms with Crippen LogP contribution in [0, 0.1) is 0 Å². The minimum Gasteiger partial charge on any atom is -0.496 e. The Balaban J connectivity index is 2.31. The summed E-state index contributed by atoms with van der Waals surface area (Å²) in [5.41, 5.74) is 0.854. The van der Waals surface area contributed by atoms with E-state index in [1.807, 2.05) is 35.9 Å². The van der Waals surface area contributed by atoms with E-state index in [0.717, 1.165) is 11.3 Å². The van der Waals surface area contributed by atoms with Gasteiger partial charge < -0.3 is 14.0 Å². The van der Waals surface area contributed by atoms with Gasteiger partial charge in [-0.05, 0) is 19.1 Å². The number of benzene rings is 1. The molecule has 1 atom stereocenters. The van der Waals surface area contributed by atoms with E-state index in [4.69, 9.17) is 9.47 Å². The van der Waals surface area contributed by atoms with Crippen molar-refractivity contribution < 1.29 is 14.3 Å². The van der Waals surface area contributed by atoms with Crippen LogP contribution in [0.15, 0.2) is 29.4 Å². The second kappa shape index (κ2) is 6.62. The first kappa shape index (κ1) is 15.4. The van der Waals surface area contributed by atoms with Crippen molar-refractivity contribution in [3.8, 4) is 17.1 Å². The third-order valence-corrected chi connectivity index (χ3v) is 4.11. The van der Waals surface area contributed by atoms with Gasteiger partial charge in [-0.25, -0.2) is 0 Å². The Morgan fingerprint density at radius 3 is 2.67 bits per heavy atom. The molecule has 21 heavy (non-hydrogen) atoms. The van der Waals surface area contributed by atoms with E-state index < -0.39 is 0 Å². The van der Waals surface area contributed by atoms with Crippen LogP contribution in [0.5, 0.6) is 5.75 Å². The van der Waals surface area contributed by atoms with Gasteiger partial charge in [0, 0.05) is 7.05 Å². The van der Waals surface area contributed by atoms with Crippen molar-refractivity contribution in [1.82, 2.24) is 14.8 Å². The molecule has 0 radical (unpaired) electrons. The fourth-order valence-electron chi connectivity index (χ4n) is 1.85. The van der Waals surface area contributed by atoms with E-state index in [9.17, 15) is 4.79 Å². The summed E-state index contributed by atoms with van der Waals surface area (Å²) in [6.07, 6.45) is 0. The smallest absolute Gasteiger partial charge is 0.318 e. The summed E-state index contributed by atoms with van der Waals surface area (Å²) in [7, 11) is 4.84. The van der Waals surface area contributed by atoms with Crippen LogP contribution in [0.25, 0.3) is 11.4 Å². The molecule has 0 bridgehead atoms. The first-order valence-electron chi connectivity index (χ1n) is 6.35. The van der Waals surface area contributed by atoms with Gasteiger partial charge in [0.2, 0.25) is 0 Å². The molecule has 0 fully saturated rings. The first-order chi connectivity index (χ1) is 10.1. The Kier molecular flexibility index (Phi) is 4.85. The van der Waals surface area contributed by atoms with Crippen LogP contribution in [-0.4, -0.2) is 40.2 Å². The lowest BCUT2D eigenvalue weighted by Gasteiger charge is -2.10. The number of hydrogen-bond acceptors (Lipinski definition) is 6. The number of methoxy groups -OCH3 is 2. The van der Waals surface area contributed by atoms with Crippen LogP contribution in [0.3, 0.4) is 0 Å². The second-order valence-electron chi connectivity index (χ2n) is 4.35. The van der Waals surface area contributed by atoms with Crippen molar-refractivity contribution >= 4 is 17.7 Å². The number of rotatable bonds is 5. The second-order valence-corrected chi connectivity index (χ2v) is 5.66. The SMILES string of the molecule is COC(=O)C(C)Sc1nnc(-c2ccccc2OC)n1C. The number of thioether (sulfide) groups is 1. The van der Waals surface area contributed by atoms with Gasteiger partial charge in [0.25, 0.3) is 0 Å². The van der Waals surface area contributed by atoms with Gasteiger partial charge in [-0.2, -0.15) is 0 Å². The Morgan fingerprint density at radius 2 is 2.00 bits per heavy atom. The zero-order chi connectivity index (χ0) is 15.4. The Morgan fingerprint density at radius 1 is 1.29 bits per heavy atom. The lowest BCUT2D eigenvalue weighted by molar-refractivity contribution is -0.139. The lowest BCUT2D eigenvalue weighted by atomic mass is 10.2. The van der Waals surface area contributed by atoms with Crippen molar-refractivity contribution in [2.75, 3.05) is 14.2 Å². The Bertz CT molecular complexity index is 642. The summed E-state index contributed by atoms with van der Waals surface area (Å²) in [6, 6.07) is 7.60. The lowest BCUT2D eigenvalue weighted by Crippen LogP contribution is -2.15. The molecule has 1 aromatic carbocycles. The monoisotopic (exact) mass is 307 g/mol. The first-order valence-corrected chi connectivity index (χ1v) is 7.23. The molecule has 2 rings (SSSR count). The molecule has 2 aromatic rings. The van der Waals surface area contributed by atoms with Crippen molar-refractivity contribution in [2.45, 2.75) is 17.3 Å². The summed E-state index contributed by atoms with van der Waals surface area (Å²) >= 11 is 1.31. The fraction of sp³-hybridized carbons (Fsp3) is 0.357. The van der Waals surface area contributed by atoms with Gasteiger partial charge in [-0.3, -0.25) is 4.79 Å². The van der Waals surface area contributed by atoms with Gasteiger partial charge in [-0.15, -0.1) is 10.2 Å². The summed E-state index contributed by atoms with van der Waals surface area (Å²) < 4.78 is 11.9. The van der Waals surface area contributed by atoms with E-state index in [0.29, 0.717) is 11.0 Å². The molecule has 0 saturated heterocycles. The summed E-state index contributed by atoms with van der Waals surface area (Å²) in [5, 5.41) is 8.63. The molecule has 0 saturated carbocycles. The number of nitrogens with zero attached hydrogens (tertiary/aromatic N) is 3. The molecular formula is C14H17N3O3S. The van der Waals surface area contributed by atoms with Crippen molar-refractivity contribution in [1.29, 1.82) is 0 Å². The maximum absolute atomic E-state index is 11.5. The molecule has 1 heterocycles. The van der Waals surface area contributed by atoms with Crippen LogP contribution in [-0.2, 0) is 16.6 Å². The molecule has 0 aliphatic carbocycles. The molecule has 7 heteroatoms. The molecule has 0 amide bonds. The molecule has 0 spiro atoms. The minimum atomic E-state index is -0.344. The van der Waals surface area contributed by atoms with Crippen LogP contribution < -0.4 is 4.74 Å². The zero-order valence-electron chi connectivity index (χ0n) is 12.4. The number of ether oxygens (including phenoxy) is 2. The van der Waals surface area contributed by atoms with Crippen LogP contribution in [0.2, 0.25) is 0 Å². The number of hydrogen-bond donors (Lipinski definition) is 0. The standard InChI is InChI=1S/C14H17N3O3S/c1-9(13(18)20-4)21-14-16-15-12(17(14)2)10-7-5-6-8-11(10)19-3/h5-9H,1-4H3. The number of para-hydroxylation sites is 1. The van der Waals surface area contributed by atoms with Gasteiger partial charge in [0.15, 0.2) is 11.0 Å². The highest BCUT2D eigenvalue weighted by molar-refractivity contribution is 8.00. The fourth-order valence-corrected chi connectivity index (χ4v) is 2.69. The molecule has 112 valence electrons. The van der Waals surface area contributed by atoms with Crippen LogP contribution in [0.4, 0.5) is 0 Å². The third kappa shape index (κ3) is 3.18. The maximum Gasteiger partial charge on any atom is 0.318 e. The highest BCUT2D eigenvalue weighted by atomic mass is 32.2. The normalized spacial score (nSPS) is 12.0. The molecule has 0 aliphatic rings. The predicted octanol–water partition coefficient (Wildman–Crippen LogP) is 2.14. The summed E-state index contributed by atoms with van der Waals surface area (Å²) in [4.78, 5) is 11.5. The topological polar surface area (TPSA) is 66.2 Å². The average Bonchev–Trinajstić information content (AvgIpc) is 2.87. The van der Waals surface area contributed by atoms with Crippen molar-refractivity contribution in [3.05, 3.63) is 24.3 Å². The quantitative estimate of drug-likeness (QED) is 0.623. The number of carbonyl (C=O) groups excluding carboxylic acids is 1. The number of aromatic nitrogens is 3. The number of esters is 1. The molecule has 1 aromatic heterocycles. The zero-order valence-corrected chi connectivity index (χ0v) is 13.2. The van der Waals surface area contributed by atoms with Gasteiger partial charge in [0.1, 0.15) is 11.0 Å². The van der Waals surface area contributed by atoms with Crippen LogP contribution in [0.1, 0.15) is 6.92 Å². The van der Waals surface area contributed by atoms with E-state index in [2.05, 4.69) is 10.2 Å². The minimum absolute atomic E-state index is 0.290. The van der Waals surface area contributed by atoms with Gasteiger partial charge in [-0.1, -0.05) is 23.9 Å². The van der Waals surface area contributed by atoms with E-state index in [1.165, 1.54) is 18.9 Å². The van der Waals surface area contributed by atoms with Crippen LogP contribution >= 0.6 is 11.8 Å². The largest absolute Gasteiger partial charge is 0.496 e. The Hall–Kier alpha value is -2.02. The molecule has 6 nitrogen and oxygen atoms in total. The van der Waals surface area contributed by atoms with Crippen molar-refractivity contribution in [3.63, 3.8) is 0 Å². The van der Waals surface area contributed by atoms with E-state index in [-0.39, 0.29) is 11.2 Å². The Labute approximate surface area is 127 Å². The van der Waals surface area contributed by atoms with Gasteiger partial charge in [0.05, 0.1) is 19.8 Å². The number of carbonyl (C=O) groups is 1. The molecule has 1 unspecified atom stereocenters. The highest BCUT2D eigenvalue weighted by Gasteiger charge is 2.20. The van der Waals surface area contributed by atoms with Gasteiger partial charge >= 0.3 is 5.97 Å². The summed E-state index contributed by atoms with van der Waals surface area (Å²) in [6.45, 7) is 1.77. The molecule has 0 aliphatic heterocycles. The predicted molar refractivity (Wildman–Crippen MR) is 80.3 cm³/mol. The van der Waals surface area contributed by atoms with E-state index in [1.54, 1.807) is 14.0 Å². The van der Waals surface area contributed by atoms with E-state index >= 15 is 0 Å². The average molecular weight is 307 g/mol. The highest BCUT2D eigenvalue weighted by Crippen LogP contribution is 2.31. The molecule has 0 N–H and O–H groups in total.